The van der Waals surface area contributed by atoms with Gasteiger partial charge in [-0.05, 0) is 12.1 Å². The molecule has 0 spiro atoms. The van der Waals surface area contributed by atoms with E-state index < -0.39 is 0 Å². The summed E-state index contributed by atoms with van der Waals surface area (Å²) in [5.74, 6) is 0. The number of likely N-dealkylation sites (N-methyl/N-ethyl adjacent to an activating group) is 1. The van der Waals surface area contributed by atoms with Gasteiger partial charge in [0.15, 0.2) is 0 Å². The van der Waals surface area contributed by atoms with Crippen LogP contribution in [0, 0.1) is 0 Å². The molecule has 0 N–H and O–H groups in total. The Hall–Kier alpha value is -0.990. The Bertz CT molecular complexity index is 334. The number of hydrogen-bond acceptors (Lipinski definition) is 2. The normalized spacial score (nSPS) is 17.3. The van der Waals surface area contributed by atoms with E-state index in [1.807, 2.05) is 24.4 Å². The summed E-state index contributed by atoms with van der Waals surface area (Å²) < 4.78 is 0. The van der Waals surface area contributed by atoms with Crippen molar-refractivity contribution in [3.8, 4) is 0 Å². The van der Waals surface area contributed by atoms with E-state index in [4.69, 9.17) is 11.6 Å². The Morgan fingerprint density at radius 2 is 2.00 bits per heavy atom. The summed E-state index contributed by atoms with van der Waals surface area (Å²) >= 11 is 6.01. The molecule has 2 rings (SSSR count). The van der Waals surface area contributed by atoms with Gasteiger partial charge >= 0.3 is 0 Å². The highest BCUT2D eigenvalue weighted by atomic mass is 35.5. The average molecular weight is 209 g/mol. The van der Waals surface area contributed by atoms with Crippen molar-refractivity contribution in [3.63, 3.8) is 0 Å². The van der Waals surface area contributed by atoms with Crippen LogP contribution in [0.2, 0.25) is 0 Å². The van der Waals surface area contributed by atoms with Crippen LogP contribution in [0.4, 0.5) is 5.69 Å². The zero-order chi connectivity index (χ0) is 9.97. The number of nitrogens with zero attached hydrogens (tertiary/aromatic N) is 2. The third kappa shape index (κ3) is 1.76. The molecular weight excluding hydrogens is 196 g/mol. The third-order valence-electron chi connectivity index (χ3n) is 2.29. The van der Waals surface area contributed by atoms with E-state index in [2.05, 4.69) is 29.1 Å². The van der Waals surface area contributed by atoms with Gasteiger partial charge in [0.05, 0.1) is 17.3 Å². The SMILES string of the molecule is CCN1CC(Cl)=CN1c1ccccc1. The molecule has 1 aliphatic rings. The fourth-order valence-electron chi connectivity index (χ4n) is 1.59. The largest absolute Gasteiger partial charge is 0.280 e. The van der Waals surface area contributed by atoms with Crippen molar-refractivity contribution in [1.29, 1.82) is 0 Å². The summed E-state index contributed by atoms with van der Waals surface area (Å²) in [5.41, 5.74) is 1.16. The first-order valence-electron chi connectivity index (χ1n) is 4.76. The van der Waals surface area contributed by atoms with E-state index in [0.29, 0.717) is 0 Å². The van der Waals surface area contributed by atoms with Crippen LogP contribution in [0.25, 0.3) is 0 Å². The first kappa shape index (κ1) is 9.56. The lowest BCUT2D eigenvalue weighted by molar-refractivity contribution is 0.339. The van der Waals surface area contributed by atoms with Crippen molar-refractivity contribution in [2.24, 2.45) is 0 Å². The highest BCUT2D eigenvalue weighted by Gasteiger charge is 2.20. The zero-order valence-corrected chi connectivity index (χ0v) is 8.91. The van der Waals surface area contributed by atoms with Gasteiger partial charge in [-0.1, -0.05) is 36.7 Å². The molecule has 0 radical (unpaired) electrons. The molecule has 2 nitrogen and oxygen atoms in total. The molecule has 0 saturated carbocycles. The lowest BCUT2D eigenvalue weighted by Crippen LogP contribution is -2.34. The van der Waals surface area contributed by atoms with E-state index in [1.54, 1.807) is 0 Å². The first-order valence-corrected chi connectivity index (χ1v) is 5.14. The molecule has 14 heavy (non-hydrogen) atoms. The number of rotatable bonds is 2. The standard InChI is InChI=1S/C11H13ClN2/c1-2-13-8-10(12)9-14(13)11-6-4-3-5-7-11/h3-7,9H,2,8H2,1H3. The molecule has 1 aromatic carbocycles. The number of hydrogen-bond donors (Lipinski definition) is 0. The molecule has 0 unspecified atom stereocenters. The van der Waals surface area contributed by atoms with E-state index in [1.165, 1.54) is 0 Å². The fraction of sp³-hybridized carbons (Fsp3) is 0.273. The Morgan fingerprint density at radius 1 is 1.29 bits per heavy atom. The number of halogens is 1. The molecule has 1 aromatic rings. The minimum atomic E-state index is 0.812. The number of hydrazine groups is 1. The van der Waals surface area contributed by atoms with Gasteiger partial charge in [-0.2, -0.15) is 0 Å². The van der Waals surface area contributed by atoms with Crippen molar-refractivity contribution in [3.05, 3.63) is 41.6 Å². The predicted octanol–water partition coefficient (Wildman–Crippen LogP) is 2.82. The Labute approximate surface area is 89.4 Å². The van der Waals surface area contributed by atoms with Crippen molar-refractivity contribution >= 4 is 17.3 Å². The molecule has 0 amide bonds. The highest BCUT2D eigenvalue weighted by molar-refractivity contribution is 6.30. The molecular formula is C11H13ClN2. The predicted molar refractivity (Wildman–Crippen MR) is 60.1 cm³/mol. The summed E-state index contributed by atoms with van der Waals surface area (Å²) in [6.07, 6.45) is 1.97. The summed E-state index contributed by atoms with van der Waals surface area (Å²) in [6.45, 7) is 3.90. The Morgan fingerprint density at radius 3 is 2.64 bits per heavy atom. The highest BCUT2D eigenvalue weighted by Crippen LogP contribution is 2.24. The smallest absolute Gasteiger partial charge is 0.0573 e. The van der Waals surface area contributed by atoms with Crippen molar-refractivity contribution in [2.75, 3.05) is 18.1 Å². The van der Waals surface area contributed by atoms with Crippen LogP contribution in [0.5, 0.6) is 0 Å². The molecule has 0 atom stereocenters. The van der Waals surface area contributed by atoms with Gasteiger partial charge in [-0.25, -0.2) is 5.01 Å². The van der Waals surface area contributed by atoms with Crippen LogP contribution in [0.3, 0.4) is 0 Å². The van der Waals surface area contributed by atoms with Crippen molar-refractivity contribution in [2.45, 2.75) is 6.92 Å². The van der Waals surface area contributed by atoms with Crippen LogP contribution in [-0.2, 0) is 0 Å². The van der Waals surface area contributed by atoms with Crippen LogP contribution in [0.1, 0.15) is 6.92 Å². The van der Waals surface area contributed by atoms with Crippen LogP contribution in [0.15, 0.2) is 41.6 Å². The summed E-state index contributed by atoms with van der Waals surface area (Å²) in [6, 6.07) is 10.2. The zero-order valence-electron chi connectivity index (χ0n) is 8.15. The first-order chi connectivity index (χ1) is 6.81. The second-order valence-corrected chi connectivity index (χ2v) is 3.72. The molecule has 0 saturated heterocycles. The number of benzene rings is 1. The monoisotopic (exact) mass is 208 g/mol. The van der Waals surface area contributed by atoms with Gasteiger partial charge in [-0.15, -0.1) is 0 Å². The maximum atomic E-state index is 6.01. The molecule has 74 valence electrons. The second kappa shape index (κ2) is 4.03. The number of para-hydroxylation sites is 1. The van der Waals surface area contributed by atoms with E-state index in [0.717, 1.165) is 23.8 Å². The van der Waals surface area contributed by atoms with E-state index in [-0.39, 0.29) is 0 Å². The maximum Gasteiger partial charge on any atom is 0.0573 e. The quantitative estimate of drug-likeness (QED) is 0.738. The van der Waals surface area contributed by atoms with Crippen molar-refractivity contribution < 1.29 is 0 Å². The summed E-state index contributed by atoms with van der Waals surface area (Å²) in [7, 11) is 0. The molecule has 0 aromatic heterocycles. The van der Waals surface area contributed by atoms with Crippen molar-refractivity contribution in [1.82, 2.24) is 5.01 Å². The van der Waals surface area contributed by atoms with Gasteiger partial charge in [0.1, 0.15) is 0 Å². The molecule has 1 heterocycles. The number of anilines is 1. The van der Waals surface area contributed by atoms with Gasteiger partial charge in [0, 0.05) is 12.7 Å². The molecule has 0 fully saturated rings. The van der Waals surface area contributed by atoms with Crippen LogP contribution >= 0.6 is 11.6 Å². The fourth-order valence-corrected chi connectivity index (χ4v) is 1.82. The second-order valence-electron chi connectivity index (χ2n) is 3.24. The lowest BCUT2D eigenvalue weighted by atomic mass is 10.3. The summed E-state index contributed by atoms with van der Waals surface area (Å²) in [5, 5.41) is 5.18. The lowest BCUT2D eigenvalue weighted by Gasteiger charge is -2.27. The molecule has 1 aliphatic heterocycles. The molecule has 0 bridgehead atoms. The van der Waals surface area contributed by atoms with E-state index >= 15 is 0 Å². The van der Waals surface area contributed by atoms with Gasteiger partial charge < -0.3 is 0 Å². The van der Waals surface area contributed by atoms with Crippen LogP contribution < -0.4 is 5.01 Å². The average Bonchev–Trinajstić information content (AvgIpc) is 2.61. The summed E-state index contributed by atoms with van der Waals surface area (Å²) in [4.78, 5) is 0. The van der Waals surface area contributed by atoms with Gasteiger partial charge in [0.2, 0.25) is 0 Å². The molecule has 0 aliphatic carbocycles. The minimum Gasteiger partial charge on any atom is -0.280 e. The van der Waals surface area contributed by atoms with E-state index in [9.17, 15) is 0 Å². The minimum absolute atomic E-state index is 0.812. The van der Waals surface area contributed by atoms with Gasteiger partial charge in [0.25, 0.3) is 0 Å². The van der Waals surface area contributed by atoms with Gasteiger partial charge in [-0.3, -0.25) is 5.01 Å². The maximum absolute atomic E-state index is 6.01. The Kier molecular flexibility index (Phi) is 2.75. The third-order valence-corrected chi connectivity index (χ3v) is 2.50. The van der Waals surface area contributed by atoms with Crippen LogP contribution in [-0.4, -0.2) is 18.1 Å². The Balaban J connectivity index is 2.25. The topological polar surface area (TPSA) is 6.48 Å². The molecule has 3 heteroatoms.